The first-order valence-corrected chi connectivity index (χ1v) is 6.63. The summed E-state index contributed by atoms with van der Waals surface area (Å²) < 4.78 is 0. The molecule has 0 aliphatic carbocycles. The van der Waals surface area contributed by atoms with Gasteiger partial charge in [-0.05, 0) is 36.5 Å². The Kier molecular flexibility index (Phi) is 5.36. The van der Waals surface area contributed by atoms with Crippen molar-refractivity contribution in [2.24, 2.45) is 5.73 Å². The van der Waals surface area contributed by atoms with Crippen LogP contribution in [0.5, 0.6) is 0 Å². The van der Waals surface area contributed by atoms with Gasteiger partial charge in [0.1, 0.15) is 6.04 Å². The van der Waals surface area contributed by atoms with Crippen LogP contribution >= 0.6 is 0 Å². The third-order valence-corrected chi connectivity index (χ3v) is 3.40. The van der Waals surface area contributed by atoms with Crippen molar-refractivity contribution in [2.45, 2.75) is 39.2 Å². The van der Waals surface area contributed by atoms with E-state index in [0.29, 0.717) is 18.9 Å². The van der Waals surface area contributed by atoms with Gasteiger partial charge in [-0.15, -0.1) is 0 Å². The maximum absolute atomic E-state index is 10.7. The monoisotopic (exact) mass is 264 g/mol. The molecule has 0 aliphatic heterocycles. The van der Waals surface area contributed by atoms with Crippen LogP contribution in [0.1, 0.15) is 37.3 Å². The Morgan fingerprint density at radius 3 is 2.58 bits per heavy atom. The summed E-state index contributed by atoms with van der Waals surface area (Å²) in [6.07, 6.45) is 0.442. The lowest BCUT2D eigenvalue weighted by Gasteiger charge is -2.23. The summed E-state index contributed by atoms with van der Waals surface area (Å²) in [5.41, 5.74) is 9.15. The largest absolute Gasteiger partial charge is 0.480 e. The fourth-order valence-corrected chi connectivity index (χ4v) is 1.97. The number of aliphatic carboxylic acids is 1. The van der Waals surface area contributed by atoms with Gasteiger partial charge in [0.15, 0.2) is 0 Å². The molecule has 3 N–H and O–H groups in total. The Bertz CT molecular complexity index is 444. The minimum atomic E-state index is -0.943. The van der Waals surface area contributed by atoms with Gasteiger partial charge in [0.25, 0.3) is 0 Å². The summed E-state index contributed by atoms with van der Waals surface area (Å²) in [5, 5.41) is 8.79. The number of hydrogen-bond acceptors (Lipinski definition) is 3. The minimum absolute atomic E-state index is 0.442. The quantitative estimate of drug-likeness (QED) is 0.827. The number of benzene rings is 1. The number of carbonyl (C=O) groups is 1. The van der Waals surface area contributed by atoms with E-state index in [2.05, 4.69) is 43.9 Å². The van der Waals surface area contributed by atoms with E-state index in [1.165, 1.54) is 11.1 Å². The Labute approximate surface area is 115 Å². The van der Waals surface area contributed by atoms with Crippen molar-refractivity contribution < 1.29 is 9.90 Å². The Balaban J connectivity index is 2.78. The zero-order chi connectivity index (χ0) is 14.6. The van der Waals surface area contributed by atoms with Crippen molar-refractivity contribution in [3.05, 3.63) is 29.3 Å². The molecule has 0 aromatic heterocycles. The molecule has 1 aromatic rings. The minimum Gasteiger partial charge on any atom is -0.480 e. The highest BCUT2D eigenvalue weighted by molar-refractivity contribution is 5.73. The summed E-state index contributed by atoms with van der Waals surface area (Å²) in [7, 11) is 1.97. The molecule has 0 radical (unpaired) electrons. The lowest BCUT2D eigenvalue weighted by Crippen LogP contribution is -2.34. The van der Waals surface area contributed by atoms with Gasteiger partial charge < -0.3 is 15.7 Å². The molecule has 106 valence electrons. The predicted molar refractivity (Wildman–Crippen MR) is 78.8 cm³/mol. The number of aryl methyl sites for hydroxylation is 1. The van der Waals surface area contributed by atoms with Crippen LogP contribution in [0.15, 0.2) is 18.2 Å². The van der Waals surface area contributed by atoms with Crippen molar-refractivity contribution >= 4 is 11.7 Å². The van der Waals surface area contributed by atoms with Crippen molar-refractivity contribution in [3.8, 4) is 0 Å². The molecule has 1 aromatic carbocycles. The van der Waals surface area contributed by atoms with Crippen LogP contribution in [0, 0.1) is 6.92 Å². The van der Waals surface area contributed by atoms with E-state index in [9.17, 15) is 4.79 Å². The summed E-state index contributed by atoms with van der Waals surface area (Å²) in [6, 6.07) is 5.63. The molecule has 0 saturated heterocycles. The fourth-order valence-electron chi connectivity index (χ4n) is 1.97. The molecule has 19 heavy (non-hydrogen) atoms. The average Bonchev–Trinajstić information content (AvgIpc) is 2.35. The maximum atomic E-state index is 10.7. The van der Waals surface area contributed by atoms with Crippen molar-refractivity contribution in [3.63, 3.8) is 0 Å². The number of hydrogen-bond donors (Lipinski definition) is 2. The van der Waals surface area contributed by atoms with Gasteiger partial charge >= 0.3 is 5.97 Å². The van der Waals surface area contributed by atoms with Gasteiger partial charge in [-0.25, -0.2) is 0 Å². The number of nitrogens with two attached hydrogens (primary N) is 1. The first-order valence-electron chi connectivity index (χ1n) is 6.63. The Morgan fingerprint density at radius 2 is 2.05 bits per heavy atom. The zero-order valence-electron chi connectivity index (χ0n) is 12.2. The summed E-state index contributed by atoms with van der Waals surface area (Å²) >= 11 is 0. The first-order chi connectivity index (χ1) is 8.82. The van der Waals surface area contributed by atoms with Crippen LogP contribution < -0.4 is 10.6 Å². The highest BCUT2D eigenvalue weighted by Crippen LogP contribution is 2.25. The predicted octanol–water partition coefficient (Wildman–Crippen LogP) is 2.36. The third kappa shape index (κ3) is 4.24. The van der Waals surface area contributed by atoms with Crippen LogP contribution in [0.25, 0.3) is 0 Å². The molecule has 0 aliphatic rings. The molecule has 0 fully saturated rings. The van der Waals surface area contributed by atoms with Gasteiger partial charge in [-0.3, -0.25) is 4.79 Å². The van der Waals surface area contributed by atoms with Gasteiger partial charge in [0.2, 0.25) is 0 Å². The van der Waals surface area contributed by atoms with E-state index in [0.717, 1.165) is 5.69 Å². The Morgan fingerprint density at radius 1 is 1.42 bits per heavy atom. The van der Waals surface area contributed by atoms with Crippen LogP contribution in [-0.4, -0.2) is 30.7 Å². The standard InChI is InChI=1S/C15H24N2O2/c1-10(2)12-6-5-11(3)14(9-12)17(4)8-7-13(16)15(18)19/h5-6,9-10,13H,7-8,16H2,1-4H3,(H,18,19). The van der Waals surface area contributed by atoms with E-state index < -0.39 is 12.0 Å². The molecule has 4 heteroatoms. The van der Waals surface area contributed by atoms with Crippen LogP contribution in [-0.2, 0) is 4.79 Å². The zero-order valence-corrected chi connectivity index (χ0v) is 12.2. The number of carboxylic acids is 1. The molecule has 1 unspecified atom stereocenters. The number of carboxylic acid groups (broad SMARTS) is 1. The molecular formula is C15H24N2O2. The number of anilines is 1. The molecule has 4 nitrogen and oxygen atoms in total. The topological polar surface area (TPSA) is 66.6 Å². The fraction of sp³-hybridized carbons (Fsp3) is 0.533. The normalized spacial score (nSPS) is 12.5. The molecule has 0 bridgehead atoms. The van der Waals surface area contributed by atoms with E-state index in [4.69, 9.17) is 10.8 Å². The maximum Gasteiger partial charge on any atom is 0.320 e. The van der Waals surface area contributed by atoms with Gasteiger partial charge in [-0.2, -0.15) is 0 Å². The molecule has 1 atom stereocenters. The van der Waals surface area contributed by atoms with Crippen LogP contribution in [0.2, 0.25) is 0 Å². The van der Waals surface area contributed by atoms with Crippen LogP contribution in [0.4, 0.5) is 5.69 Å². The van der Waals surface area contributed by atoms with Crippen molar-refractivity contribution in [1.29, 1.82) is 0 Å². The Hall–Kier alpha value is -1.55. The second-order valence-corrected chi connectivity index (χ2v) is 5.36. The summed E-state index contributed by atoms with van der Waals surface area (Å²) in [4.78, 5) is 12.8. The number of nitrogens with zero attached hydrogens (tertiary/aromatic N) is 1. The van der Waals surface area contributed by atoms with Crippen molar-refractivity contribution in [2.75, 3.05) is 18.5 Å². The van der Waals surface area contributed by atoms with E-state index in [1.807, 2.05) is 7.05 Å². The number of rotatable bonds is 6. The lowest BCUT2D eigenvalue weighted by molar-refractivity contribution is -0.138. The average molecular weight is 264 g/mol. The molecule has 0 amide bonds. The third-order valence-electron chi connectivity index (χ3n) is 3.40. The molecule has 0 heterocycles. The van der Waals surface area contributed by atoms with Gasteiger partial charge in [-0.1, -0.05) is 26.0 Å². The van der Waals surface area contributed by atoms with E-state index >= 15 is 0 Å². The summed E-state index contributed by atoms with van der Waals surface area (Å²) in [6.45, 7) is 7.02. The molecule has 1 rings (SSSR count). The van der Waals surface area contributed by atoms with Gasteiger partial charge in [0.05, 0.1) is 0 Å². The smallest absolute Gasteiger partial charge is 0.320 e. The van der Waals surface area contributed by atoms with Crippen molar-refractivity contribution in [1.82, 2.24) is 0 Å². The second kappa shape index (κ2) is 6.57. The molecular weight excluding hydrogens is 240 g/mol. The highest BCUT2D eigenvalue weighted by atomic mass is 16.4. The van der Waals surface area contributed by atoms with Crippen LogP contribution in [0.3, 0.4) is 0 Å². The molecule has 0 saturated carbocycles. The highest BCUT2D eigenvalue weighted by Gasteiger charge is 2.13. The molecule has 0 spiro atoms. The van der Waals surface area contributed by atoms with E-state index in [-0.39, 0.29) is 0 Å². The summed E-state index contributed by atoms with van der Waals surface area (Å²) in [5.74, 6) is -0.463. The van der Waals surface area contributed by atoms with Gasteiger partial charge in [0, 0.05) is 19.3 Å². The lowest BCUT2D eigenvalue weighted by atomic mass is 10.00. The second-order valence-electron chi connectivity index (χ2n) is 5.36. The van der Waals surface area contributed by atoms with E-state index in [1.54, 1.807) is 0 Å². The SMILES string of the molecule is Cc1ccc(C(C)C)cc1N(C)CCC(N)C(=O)O. The first kappa shape index (κ1) is 15.5.